The van der Waals surface area contributed by atoms with Crippen molar-refractivity contribution >= 4 is 10.4 Å². The maximum Gasteiger partial charge on any atom is 0.400 e. The van der Waals surface area contributed by atoms with Gasteiger partial charge in [-0.05, 0) is 47.9 Å². The van der Waals surface area contributed by atoms with Crippen LogP contribution < -0.4 is 0 Å². The highest BCUT2D eigenvalue weighted by atomic mass is 32.3. The lowest BCUT2D eigenvalue weighted by molar-refractivity contribution is -0.00303. The Morgan fingerprint density at radius 2 is 0.770 bits per heavy atom. The van der Waals surface area contributed by atoms with E-state index in [4.69, 9.17) is 17.8 Å². The highest BCUT2D eigenvalue weighted by Gasteiger charge is 2.30. The summed E-state index contributed by atoms with van der Waals surface area (Å²) in [5.74, 6) is 0. The lowest BCUT2D eigenvalue weighted by Crippen LogP contribution is -2.43. The Morgan fingerprint density at radius 3 is 1.11 bits per heavy atom. The maximum atomic E-state index is 13.8. The summed E-state index contributed by atoms with van der Waals surface area (Å²) in [5.41, 5.74) is 5.30. The number of hydrogen-bond acceptors (Lipinski definition) is 8. The van der Waals surface area contributed by atoms with E-state index in [0.29, 0.717) is 26.3 Å². The molecular weight excluding hydrogens is 781 g/mol. The summed E-state index contributed by atoms with van der Waals surface area (Å²) in [4.78, 5) is 4.58. The van der Waals surface area contributed by atoms with E-state index in [2.05, 4.69) is 72.2 Å². The Hall–Kier alpha value is -1.85. The summed E-state index contributed by atoms with van der Waals surface area (Å²) < 4.78 is 51.9. The van der Waals surface area contributed by atoms with Crippen molar-refractivity contribution in [2.75, 3.05) is 52.6 Å². The fraction of sp³-hybridized carbons (Fsp3) is 0.769. The lowest BCUT2D eigenvalue weighted by Gasteiger charge is -2.32. The van der Waals surface area contributed by atoms with Crippen molar-refractivity contribution in [3.05, 3.63) is 70.8 Å². The summed E-state index contributed by atoms with van der Waals surface area (Å²) in [6.07, 6.45) is 31.5. The average Bonchev–Trinajstić information content (AvgIpc) is 3.26. The molecule has 348 valence electrons. The predicted octanol–water partition coefficient (Wildman–Crippen LogP) is 12.6. The van der Waals surface area contributed by atoms with Crippen molar-refractivity contribution in [1.82, 2.24) is 9.80 Å². The van der Waals surface area contributed by atoms with Crippen LogP contribution in [0.5, 0.6) is 0 Å². The number of nitrogens with zero attached hydrogens (tertiary/aromatic N) is 2. The number of benzene rings is 2. The van der Waals surface area contributed by atoms with Crippen molar-refractivity contribution in [2.24, 2.45) is 0 Å². The van der Waals surface area contributed by atoms with Gasteiger partial charge in [-0.3, -0.25) is 9.80 Å². The number of rotatable bonds is 38. The van der Waals surface area contributed by atoms with E-state index in [9.17, 15) is 8.42 Å². The first-order valence-corrected chi connectivity index (χ1v) is 26.6. The van der Waals surface area contributed by atoms with Gasteiger partial charge in [0.15, 0.2) is 0 Å². The second kappa shape index (κ2) is 32.8. The smallest absolute Gasteiger partial charge is 0.379 e. The molecule has 0 N–H and O–H groups in total. The second-order valence-electron chi connectivity index (χ2n) is 18.3. The van der Waals surface area contributed by atoms with E-state index < -0.39 is 22.6 Å². The molecule has 2 aromatic carbocycles. The first-order chi connectivity index (χ1) is 30.0. The molecule has 2 atom stereocenters. The molecule has 2 aliphatic heterocycles. The minimum absolute atomic E-state index is 0.210. The van der Waals surface area contributed by atoms with E-state index in [1.807, 2.05) is 0 Å². The third-order valence-electron chi connectivity index (χ3n) is 12.7. The Bertz CT molecular complexity index is 1390. The molecule has 0 saturated heterocycles. The van der Waals surface area contributed by atoms with Crippen LogP contribution >= 0.6 is 0 Å². The van der Waals surface area contributed by atoms with Crippen LogP contribution in [-0.4, -0.2) is 83.0 Å². The highest BCUT2D eigenvalue weighted by Crippen LogP contribution is 2.22. The zero-order chi connectivity index (χ0) is 43.1. The van der Waals surface area contributed by atoms with Crippen LogP contribution in [0.1, 0.15) is 190 Å². The fourth-order valence-corrected chi connectivity index (χ4v) is 10.0. The number of hydrogen-bond donors (Lipinski definition) is 0. The molecule has 0 aromatic heterocycles. The Morgan fingerprint density at radius 1 is 0.459 bits per heavy atom. The van der Waals surface area contributed by atoms with Gasteiger partial charge in [-0.1, -0.05) is 204 Å². The van der Waals surface area contributed by atoms with Gasteiger partial charge in [0, 0.05) is 52.5 Å². The van der Waals surface area contributed by atoms with Gasteiger partial charge in [0.25, 0.3) is 0 Å². The molecule has 0 radical (unpaired) electrons. The molecule has 2 aromatic rings. The normalized spacial score (nSPS) is 15.8. The molecule has 2 unspecified atom stereocenters. The van der Waals surface area contributed by atoms with E-state index >= 15 is 0 Å². The van der Waals surface area contributed by atoms with Gasteiger partial charge in [0.05, 0.1) is 13.2 Å². The molecule has 2 heterocycles. The lowest BCUT2D eigenvalue weighted by atomic mass is 10.00. The Kier molecular flexibility index (Phi) is 27.8. The monoisotopic (exact) mass is 869 g/mol. The van der Waals surface area contributed by atoms with Gasteiger partial charge in [-0.2, -0.15) is 8.42 Å². The van der Waals surface area contributed by atoms with Crippen LogP contribution in [-0.2, 0) is 54.2 Å². The van der Waals surface area contributed by atoms with Gasteiger partial charge in [-0.25, -0.2) is 8.37 Å². The predicted molar refractivity (Wildman–Crippen MR) is 253 cm³/mol. The number of unbranched alkanes of at least 4 members (excludes halogenated alkanes) is 22. The Balaban J connectivity index is 1.24. The van der Waals surface area contributed by atoms with E-state index in [1.54, 1.807) is 0 Å². The molecule has 4 rings (SSSR count). The zero-order valence-corrected chi connectivity index (χ0v) is 39.8. The van der Waals surface area contributed by atoms with Crippen LogP contribution in [0.15, 0.2) is 48.5 Å². The molecule has 0 amide bonds. The molecule has 0 fully saturated rings. The summed E-state index contributed by atoms with van der Waals surface area (Å²) >= 11 is 0. The third kappa shape index (κ3) is 23.6. The van der Waals surface area contributed by atoms with Crippen LogP contribution in [0.2, 0.25) is 0 Å². The summed E-state index contributed by atoms with van der Waals surface area (Å²) in [5, 5.41) is 0. The van der Waals surface area contributed by atoms with Gasteiger partial charge in [0.1, 0.15) is 12.2 Å². The Labute approximate surface area is 374 Å². The van der Waals surface area contributed by atoms with Crippen molar-refractivity contribution in [1.29, 1.82) is 0 Å². The average molecular weight is 869 g/mol. The van der Waals surface area contributed by atoms with Crippen LogP contribution in [0.3, 0.4) is 0 Å². The minimum Gasteiger partial charge on any atom is -0.379 e. The molecule has 8 nitrogen and oxygen atoms in total. The molecule has 0 saturated carbocycles. The van der Waals surface area contributed by atoms with Crippen LogP contribution in [0.25, 0.3) is 0 Å². The van der Waals surface area contributed by atoms with E-state index in [1.165, 1.54) is 151 Å². The summed E-state index contributed by atoms with van der Waals surface area (Å²) in [6.45, 7) is 10.3. The SMILES string of the molecule is CCCCCCCCCCCCCCOCC(CN1CCc2ccccc2C1)OS(=O)(=O)OC(COCCCCCCCCCCCCCC)CN1CCc2ccccc2C1. The van der Waals surface area contributed by atoms with Crippen LogP contribution in [0.4, 0.5) is 0 Å². The van der Waals surface area contributed by atoms with E-state index in [-0.39, 0.29) is 13.2 Å². The topological polar surface area (TPSA) is 77.5 Å². The standard InChI is InChI=1S/C52H88N2O6S/c1-3-5-7-9-11-13-15-17-19-21-23-29-39-57-45-51(43-53-37-35-47-31-25-27-33-49(47)41-53)59-61(55,56)60-52(44-54-38-36-48-32-26-28-34-50(48)42-54)46-58-40-30-24-22-20-18-16-14-12-10-8-6-4-2/h25-28,31-34,51-52H,3-24,29-30,35-46H2,1-2H3. The molecular formula is C52H88N2O6S. The second-order valence-corrected chi connectivity index (χ2v) is 19.5. The van der Waals surface area contributed by atoms with E-state index in [0.717, 1.165) is 64.7 Å². The van der Waals surface area contributed by atoms with Crippen LogP contribution in [0, 0.1) is 0 Å². The molecule has 61 heavy (non-hydrogen) atoms. The molecule has 0 aliphatic carbocycles. The van der Waals surface area contributed by atoms with Gasteiger partial charge in [-0.15, -0.1) is 0 Å². The first kappa shape index (κ1) is 51.8. The summed E-state index contributed by atoms with van der Waals surface area (Å²) in [7, 11) is -4.35. The highest BCUT2D eigenvalue weighted by molar-refractivity contribution is 7.81. The molecule has 2 aliphatic rings. The quantitative estimate of drug-likeness (QED) is 0.0618. The van der Waals surface area contributed by atoms with Gasteiger partial charge >= 0.3 is 10.4 Å². The third-order valence-corrected chi connectivity index (χ3v) is 13.8. The van der Waals surface area contributed by atoms with Crippen molar-refractivity contribution in [3.8, 4) is 0 Å². The van der Waals surface area contributed by atoms with Gasteiger partial charge < -0.3 is 9.47 Å². The van der Waals surface area contributed by atoms with Crippen molar-refractivity contribution < 1.29 is 26.3 Å². The largest absolute Gasteiger partial charge is 0.400 e. The van der Waals surface area contributed by atoms with Gasteiger partial charge in [0.2, 0.25) is 0 Å². The molecule has 0 spiro atoms. The minimum atomic E-state index is -4.35. The number of ether oxygens (including phenoxy) is 2. The maximum absolute atomic E-state index is 13.8. The number of fused-ring (bicyclic) bond motifs is 2. The fourth-order valence-electron chi connectivity index (χ4n) is 9.09. The summed E-state index contributed by atoms with van der Waals surface area (Å²) in [6, 6.07) is 17.1. The molecule has 0 bridgehead atoms. The van der Waals surface area contributed by atoms with Crippen molar-refractivity contribution in [3.63, 3.8) is 0 Å². The first-order valence-electron chi connectivity index (χ1n) is 25.3. The molecule has 9 heteroatoms. The zero-order valence-electron chi connectivity index (χ0n) is 39.0. The van der Waals surface area contributed by atoms with Crippen molar-refractivity contribution in [2.45, 2.75) is 206 Å².